The van der Waals surface area contributed by atoms with Crippen LogP contribution >= 0.6 is 0 Å². The molecule has 0 heterocycles. The van der Waals surface area contributed by atoms with Crippen LogP contribution in [-0.2, 0) is 25.7 Å². The second-order valence-corrected chi connectivity index (χ2v) is 6.86. The van der Waals surface area contributed by atoms with Crippen LogP contribution in [0.15, 0.2) is 48.2 Å². The predicted octanol–water partition coefficient (Wildman–Crippen LogP) is 4.43. The second-order valence-electron chi connectivity index (χ2n) is 6.86. The van der Waals surface area contributed by atoms with Gasteiger partial charge in [-0.3, -0.25) is 0 Å². The molecule has 0 saturated carbocycles. The van der Waals surface area contributed by atoms with Crippen molar-refractivity contribution in [3.8, 4) is 5.80 Å². The molecule has 2 heteroatoms. The zero-order valence-electron chi connectivity index (χ0n) is 15.4. The molecule has 1 nitrogen and oxygen atoms in total. The monoisotopic (exact) mass is 327 g/mol. The Morgan fingerprint density at radius 2 is 1.88 bits per heavy atom. The molecule has 2 aromatic carbocycles. The summed E-state index contributed by atoms with van der Waals surface area (Å²) in [6.07, 6.45) is 7.37. The number of allylic oxidation sites excluding steroid dienone is 2. The van der Waals surface area contributed by atoms with Crippen molar-refractivity contribution in [2.75, 3.05) is 7.05 Å². The van der Waals surface area contributed by atoms with Gasteiger partial charge < -0.3 is 0 Å². The van der Waals surface area contributed by atoms with Crippen molar-refractivity contribution in [1.29, 1.82) is 0 Å². The first-order chi connectivity index (χ1) is 12.2. The molecular formula is C23H26BN. The van der Waals surface area contributed by atoms with E-state index in [1.54, 1.807) is 11.1 Å². The number of benzene rings is 2. The number of rotatable bonds is 5. The molecule has 1 aliphatic rings. The minimum absolute atomic E-state index is 0.856. The van der Waals surface area contributed by atoms with E-state index in [4.69, 9.17) is 7.33 Å². The summed E-state index contributed by atoms with van der Waals surface area (Å²) >= 11 is 0. The van der Waals surface area contributed by atoms with E-state index in [9.17, 15) is 0 Å². The average Bonchev–Trinajstić information content (AvgIpc) is 2.67. The van der Waals surface area contributed by atoms with Crippen molar-refractivity contribution >= 4 is 12.9 Å². The Morgan fingerprint density at radius 3 is 2.68 bits per heavy atom. The third kappa shape index (κ3) is 4.08. The molecule has 0 aromatic heterocycles. The summed E-state index contributed by atoms with van der Waals surface area (Å²) in [5.74, 6) is 2.73. The van der Waals surface area contributed by atoms with Gasteiger partial charge in [-0.25, -0.2) is 0 Å². The molecule has 0 spiro atoms. The number of hydrogen-bond acceptors (Lipinski definition) is 1. The maximum atomic E-state index is 5.59. The summed E-state index contributed by atoms with van der Waals surface area (Å²) in [4.78, 5) is 0. The van der Waals surface area contributed by atoms with Crippen LogP contribution in [-0.4, -0.2) is 14.4 Å². The normalized spacial score (nSPS) is 14.4. The van der Waals surface area contributed by atoms with Gasteiger partial charge in [-0.05, 0) is 6.42 Å². The van der Waals surface area contributed by atoms with Gasteiger partial charge in [0.25, 0.3) is 0 Å². The SMILES string of the molecule is B#C/C(NC)=C(/C)c1cccc(CCc2cccc3c2CCCC3)c1. The molecule has 0 amide bonds. The molecule has 126 valence electrons. The van der Waals surface area contributed by atoms with E-state index in [1.165, 1.54) is 42.4 Å². The topological polar surface area (TPSA) is 12.0 Å². The molecule has 1 aliphatic carbocycles. The van der Waals surface area contributed by atoms with Crippen LogP contribution in [0.5, 0.6) is 0 Å². The van der Waals surface area contributed by atoms with Crippen molar-refractivity contribution in [2.45, 2.75) is 45.4 Å². The van der Waals surface area contributed by atoms with E-state index < -0.39 is 0 Å². The van der Waals surface area contributed by atoms with Gasteiger partial charge in [0.05, 0.1) is 0 Å². The summed E-state index contributed by atoms with van der Waals surface area (Å²) in [6, 6.07) is 15.6. The van der Waals surface area contributed by atoms with E-state index in [-0.39, 0.29) is 0 Å². The van der Waals surface area contributed by atoms with Crippen molar-refractivity contribution in [1.82, 2.24) is 5.32 Å². The maximum absolute atomic E-state index is 5.59. The molecule has 0 atom stereocenters. The van der Waals surface area contributed by atoms with Gasteiger partial charge in [0, 0.05) is 0 Å². The third-order valence-electron chi connectivity index (χ3n) is 5.31. The Bertz CT molecular complexity index is 826. The van der Waals surface area contributed by atoms with Crippen molar-refractivity contribution < 1.29 is 0 Å². The average molecular weight is 327 g/mol. The van der Waals surface area contributed by atoms with Gasteiger partial charge in [0.1, 0.15) is 0 Å². The molecule has 2 aromatic rings. The van der Waals surface area contributed by atoms with Gasteiger partial charge in [0.2, 0.25) is 0 Å². The number of nitrogens with one attached hydrogen (secondary N) is 1. The van der Waals surface area contributed by atoms with E-state index >= 15 is 0 Å². The molecule has 0 aliphatic heterocycles. The summed E-state index contributed by atoms with van der Waals surface area (Å²) in [5.41, 5.74) is 9.29. The van der Waals surface area contributed by atoms with Gasteiger partial charge in [-0.2, -0.15) is 0 Å². The molecule has 0 fully saturated rings. The first-order valence-electron chi connectivity index (χ1n) is 9.27. The fraction of sp³-hybridized carbons (Fsp3) is 0.348. The Morgan fingerprint density at radius 1 is 1.08 bits per heavy atom. The van der Waals surface area contributed by atoms with E-state index in [1.807, 2.05) is 7.05 Å². The van der Waals surface area contributed by atoms with Gasteiger partial charge in [-0.15, -0.1) is 0 Å². The summed E-state index contributed by atoms with van der Waals surface area (Å²) in [5, 5.41) is 3.10. The zero-order valence-corrected chi connectivity index (χ0v) is 15.4. The van der Waals surface area contributed by atoms with Gasteiger partial charge in [-0.1, -0.05) is 0 Å². The fourth-order valence-electron chi connectivity index (χ4n) is 3.85. The molecule has 3 rings (SSSR count). The van der Waals surface area contributed by atoms with E-state index in [0.29, 0.717) is 0 Å². The Labute approximate surface area is 152 Å². The molecule has 0 bridgehead atoms. The number of aryl methyl sites for hydroxylation is 3. The van der Waals surface area contributed by atoms with Crippen LogP contribution in [0, 0.1) is 5.80 Å². The number of fused-ring (bicyclic) bond motifs is 1. The Hall–Kier alpha value is -2.18. The minimum atomic E-state index is 0.856. The molecular weight excluding hydrogens is 301 g/mol. The molecule has 1 N–H and O–H groups in total. The fourth-order valence-corrected chi connectivity index (χ4v) is 3.85. The Kier molecular flexibility index (Phi) is 5.84. The van der Waals surface area contributed by atoms with Crippen molar-refractivity contribution in [3.63, 3.8) is 0 Å². The van der Waals surface area contributed by atoms with Crippen LogP contribution in [0.25, 0.3) is 5.57 Å². The second kappa shape index (κ2) is 8.27. The molecule has 25 heavy (non-hydrogen) atoms. The van der Waals surface area contributed by atoms with Crippen molar-refractivity contribution in [2.24, 2.45) is 0 Å². The predicted molar refractivity (Wildman–Crippen MR) is 108 cm³/mol. The van der Waals surface area contributed by atoms with Crippen LogP contribution in [0.2, 0.25) is 0 Å². The standard InChI is InChI=1S/C23H26BN/c1-17(23(16-24)25-2)21-11-5-7-18(15-21)13-14-20-10-6-9-19-8-3-4-12-22(19)20/h5-7,9-11,15,25H,3-4,8,12-14H2,1-2H3/b23-17+. The van der Waals surface area contributed by atoms with Crippen LogP contribution < -0.4 is 5.32 Å². The van der Waals surface area contributed by atoms with Crippen LogP contribution in [0.3, 0.4) is 0 Å². The Balaban J connectivity index is 1.78. The van der Waals surface area contributed by atoms with Crippen LogP contribution in [0.4, 0.5) is 0 Å². The third-order valence-corrected chi connectivity index (χ3v) is 5.31. The quantitative estimate of drug-likeness (QED) is 0.801. The molecule has 0 radical (unpaired) electrons. The zero-order chi connectivity index (χ0) is 17.6. The van der Waals surface area contributed by atoms with Crippen molar-refractivity contribution in [3.05, 3.63) is 76.0 Å². The van der Waals surface area contributed by atoms with Gasteiger partial charge in [0.15, 0.2) is 0 Å². The number of hydrogen-bond donors (Lipinski definition) is 1. The first kappa shape index (κ1) is 17.6. The van der Waals surface area contributed by atoms with Gasteiger partial charge >= 0.3 is 146 Å². The van der Waals surface area contributed by atoms with Crippen LogP contribution in [0.1, 0.15) is 47.6 Å². The summed E-state index contributed by atoms with van der Waals surface area (Å²) in [7, 11) is 7.46. The molecule has 0 saturated heterocycles. The molecule has 0 unspecified atom stereocenters. The summed E-state index contributed by atoms with van der Waals surface area (Å²) in [6.45, 7) is 2.08. The first-order valence-corrected chi connectivity index (χ1v) is 9.27. The summed E-state index contributed by atoms with van der Waals surface area (Å²) < 4.78 is 0. The van der Waals surface area contributed by atoms with E-state index in [0.717, 1.165) is 24.1 Å². The van der Waals surface area contributed by atoms with E-state index in [2.05, 4.69) is 60.5 Å².